The van der Waals surface area contributed by atoms with Gasteiger partial charge in [-0.05, 0) is 113 Å². The lowest BCUT2D eigenvalue weighted by atomic mass is 9.86. The number of likely N-dealkylation sites (N-methyl/N-ethyl adjacent to an activating group) is 1. The molecule has 0 aliphatic carbocycles. The number of amides is 2. The molecule has 2 heterocycles. The topological polar surface area (TPSA) is 61.9 Å². The molecule has 1 N–H and O–H groups in total. The number of ether oxygens (including phenoxy) is 1. The fourth-order valence-electron chi connectivity index (χ4n) is 4.88. The summed E-state index contributed by atoms with van der Waals surface area (Å²) in [4.78, 5) is 30.0. The Balaban J connectivity index is 1.75. The molecular weight excluding hydrogens is 458 g/mol. The number of anilines is 2. The summed E-state index contributed by atoms with van der Waals surface area (Å²) >= 11 is 5.34. The van der Waals surface area contributed by atoms with E-state index in [2.05, 4.69) is 56.1 Å². The van der Waals surface area contributed by atoms with Crippen LogP contribution in [0.25, 0.3) is 11.6 Å². The van der Waals surface area contributed by atoms with Crippen LogP contribution in [0.4, 0.5) is 11.4 Å². The van der Waals surface area contributed by atoms with E-state index in [0.717, 1.165) is 28.9 Å². The molecule has 2 aliphatic rings. The first kappa shape index (κ1) is 24.7. The normalized spacial score (nSPS) is 18.4. The minimum absolute atomic E-state index is 0.0423. The highest BCUT2D eigenvalue weighted by Gasteiger charge is 2.35. The molecular formula is C28H31N3O3S. The molecule has 0 saturated carbocycles. The van der Waals surface area contributed by atoms with Crippen molar-refractivity contribution in [2.24, 2.45) is 0 Å². The summed E-state index contributed by atoms with van der Waals surface area (Å²) in [6, 6.07) is 11.3. The molecule has 35 heavy (non-hydrogen) atoms. The summed E-state index contributed by atoms with van der Waals surface area (Å²) in [7, 11) is 0. The zero-order valence-electron chi connectivity index (χ0n) is 21.1. The predicted octanol–water partition coefficient (Wildman–Crippen LogP) is 5.25. The number of hydrogen-bond donors (Lipinski definition) is 1. The van der Waals surface area contributed by atoms with Crippen molar-refractivity contribution in [2.75, 3.05) is 23.0 Å². The van der Waals surface area contributed by atoms with E-state index < -0.39 is 11.8 Å². The van der Waals surface area contributed by atoms with E-state index in [0.29, 0.717) is 18.0 Å². The summed E-state index contributed by atoms with van der Waals surface area (Å²) < 4.78 is 5.49. The standard InChI is InChI=1S/C28H31N3O3S/c1-7-30-24-13-17(3)19(14-22(24)18(4)16-28(30,5)6)15-23-25(32)29-27(35)31(26(23)33)20-9-11-21(12-10-20)34-8-2/h9-16H,7-8H2,1-6H3,(H,29,32,35)/b23-15-. The van der Waals surface area contributed by atoms with E-state index in [1.54, 1.807) is 30.3 Å². The average Bonchev–Trinajstić information content (AvgIpc) is 2.78. The van der Waals surface area contributed by atoms with Gasteiger partial charge in [0.05, 0.1) is 17.8 Å². The second-order valence-electron chi connectivity index (χ2n) is 9.34. The van der Waals surface area contributed by atoms with Crippen molar-refractivity contribution < 1.29 is 14.3 Å². The number of rotatable bonds is 5. The van der Waals surface area contributed by atoms with Crippen LogP contribution in [0.3, 0.4) is 0 Å². The Morgan fingerprint density at radius 3 is 2.40 bits per heavy atom. The van der Waals surface area contributed by atoms with E-state index in [-0.39, 0.29) is 16.2 Å². The third-order valence-corrected chi connectivity index (χ3v) is 6.77. The first-order chi connectivity index (χ1) is 16.6. The fraction of sp³-hybridized carbons (Fsp3) is 0.321. The van der Waals surface area contributed by atoms with Crippen LogP contribution in [-0.4, -0.2) is 35.6 Å². The van der Waals surface area contributed by atoms with E-state index in [9.17, 15) is 9.59 Å². The monoisotopic (exact) mass is 489 g/mol. The van der Waals surface area contributed by atoms with Gasteiger partial charge in [0.15, 0.2) is 5.11 Å². The number of aryl methyl sites for hydroxylation is 1. The van der Waals surface area contributed by atoms with Crippen molar-refractivity contribution in [3.63, 3.8) is 0 Å². The van der Waals surface area contributed by atoms with Crippen LogP contribution >= 0.6 is 12.2 Å². The van der Waals surface area contributed by atoms with E-state index in [1.165, 1.54) is 10.5 Å². The molecule has 0 bridgehead atoms. The van der Waals surface area contributed by atoms with E-state index >= 15 is 0 Å². The van der Waals surface area contributed by atoms with Crippen LogP contribution in [-0.2, 0) is 9.59 Å². The van der Waals surface area contributed by atoms with Crippen molar-refractivity contribution in [1.29, 1.82) is 0 Å². The Morgan fingerprint density at radius 1 is 1.09 bits per heavy atom. The Kier molecular flexibility index (Phi) is 6.56. The maximum atomic E-state index is 13.5. The summed E-state index contributed by atoms with van der Waals surface area (Å²) in [5.74, 6) is -0.254. The Morgan fingerprint density at radius 2 is 1.77 bits per heavy atom. The van der Waals surface area contributed by atoms with Crippen LogP contribution < -0.4 is 19.9 Å². The lowest BCUT2D eigenvalue weighted by molar-refractivity contribution is -0.122. The van der Waals surface area contributed by atoms with Gasteiger partial charge in [0, 0.05) is 17.8 Å². The van der Waals surface area contributed by atoms with Gasteiger partial charge in [-0.15, -0.1) is 0 Å². The van der Waals surface area contributed by atoms with Crippen LogP contribution in [0.1, 0.15) is 51.3 Å². The lowest BCUT2D eigenvalue weighted by Gasteiger charge is -2.43. The van der Waals surface area contributed by atoms with Gasteiger partial charge in [0.2, 0.25) is 0 Å². The average molecular weight is 490 g/mol. The molecule has 0 atom stereocenters. The molecule has 1 fully saturated rings. The minimum atomic E-state index is -0.497. The summed E-state index contributed by atoms with van der Waals surface area (Å²) in [5.41, 5.74) is 5.76. The van der Waals surface area contributed by atoms with Gasteiger partial charge in [0.1, 0.15) is 11.3 Å². The smallest absolute Gasteiger partial charge is 0.270 e. The Bertz CT molecular complexity index is 1280. The summed E-state index contributed by atoms with van der Waals surface area (Å²) in [6.45, 7) is 14.0. The number of thiocarbonyl (C=S) groups is 1. The minimum Gasteiger partial charge on any atom is -0.494 e. The lowest BCUT2D eigenvalue weighted by Crippen LogP contribution is -2.54. The van der Waals surface area contributed by atoms with Gasteiger partial charge < -0.3 is 9.64 Å². The number of nitrogens with one attached hydrogen (secondary N) is 1. The Hall–Kier alpha value is -3.45. The van der Waals surface area contributed by atoms with Crippen molar-refractivity contribution in [1.82, 2.24) is 5.32 Å². The first-order valence-electron chi connectivity index (χ1n) is 11.8. The molecule has 0 spiro atoms. The third kappa shape index (κ3) is 4.48. The van der Waals surface area contributed by atoms with Crippen molar-refractivity contribution in [2.45, 2.75) is 47.1 Å². The molecule has 4 rings (SSSR count). The molecule has 2 aliphatic heterocycles. The molecule has 0 radical (unpaired) electrons. The number of fused-ring (bicyclic) bond motifs is 1. The molecule has 6 nitrogen and oxygen atoms in total. The number of carbonyl (C=O) groups is 2. The highest BCUT2D eigenvalue weighted by Crippen LogP contribution is 2.40. The van der Waals surface area contributed by atoms with Gasteiger partial charge in [-0.2, -0.15) is 0 Å². The summed E-state index contributed by atoms with van der Waals surface area (Å²) in [6.07, 6.45) is 3.93. The van der Waals surface area contributed by atoms with Crippen LogP contribution in [0.15, 0.2) is 48.0 Å². The van der Waals surface area contributed by atoms with Gasteiger partial charge in [0.25, 0.3) is 11.8 Å². The molecule has 2 amide bonds. The first-order valence-corrected chi connectivity index (χ1v) is 12.2. The van der Waals surface area contributed by atoms with Crippen LogP contribution in [0.5, 0.6) is 5.75 Å². The number of nitrogens with zero attached hydrogens (tertiary/aromatic N) is 2. The number of hydrogen-bond acceptors (Lipinski definition) is 5. The fourth-order valence-corrected chi connectivity index (χ4v) is 5.16. The molecule has 2 aromatic carbocycles. The van der Waals surface area contributed by atoms with Crippen LogP contribution in [0.2, 0.25) is 0 Å². The quantitative estimate of drug-likeness (QED) is 0.353. The van der Waals surface area contributed by atoms with Gasteiger partial charge in [-0.25, -0.2) is 0 Å². The number of allylic oxidation sites excluding steroid dienone is 1. The molecule has 0 unspecified atom stereocenters. The van der Waals surface area contributed by atoms with E-state index in [4.69, 9.17) is 17.0 Å². The number of benzene rings is 2. The molecule has 182 valence electrons. The second-order valence-corrected chi connectivity index (χ2v) is 9.72. The summed E-state index contributed by atoms with van der Waals surface area (Å²) in [5, 5.41) is 2.72. The largest absolute Gasteiger partial charge is 0.494 e. The highest BCUT2D eigenvalue weighted by molar-refractivity contribution is 7.80. The van der Waals surface area contributed by atoms with Crippen molar-refractivity contribution in [3.05, 3.63) is 64.7 Å². The Labute approximate surface area is 212 Å². The zero-order valence-corrected chi connectivity index (χ0v) is 21.9. The molecule has 1 saturated heterocycles. The zero-order chi connectivity index (χ0) is 25.5. The highest BCUT2D eigenvalue weighted by atomic mass is 32.1. The molecule has 7 heteroatoms. The number of carbonyl (C=O) groups excluding carboxylic acids is 2. The predicted molar refractivity (Wildman–Crippen MR) is 146 cm³/mol. The van der Waals surface area contributed by atoms with Gasteiger partial charge >= 0.3 is 0 Å². The maximum absolute atomic E-state index is 13.5. The second kappa shape index (κ2) is 9.30. The van der Waals surface area contributed by atoms with Gasteiger partial charge in [-0.1, -0.05) is 6.08 Å². The SMILES string of the molecule is CCOc1ccc(N2C(=O)/C(=C\c3cc4c(cc3C)N(CC)C(C)(C)C=C4C)C(=O)NC2=S)cc1. The molecule has 0 aromatic heterocycles. The third-order valence-electron chi connectivity index (χ3n) is 6.49. The van der Waals surface area contributed by atoms with Crippen molar-refractivity contribution >= 4 is 52.2 Å². The van der Waals surface area contributed by atoms with E-state index in [1.807, 2.05) is 13.8 Å². The maximum Gasteiger partial charge on any atom is 0.270 e. The van der Waals surface area contributed by atoms with Crippen LogP contribution in [0, 0.1) is 6.92 Å². The molecule has 2 aromatic rings. The van der Waals surface area contributed by atoms with Gasteiger partial charge in [-0.3, -0.25) is 19.8 Å². The van der Waals surface area contributed by atoms with Crippen molar-refractivity contribution in [3.8, 4) is 5.75 Å².